The van der Waals surface area contributed by atoms with Crippen molar-refractivity contribution >= 4 is 17.8 Å². The Morgan fingerprint density at radius 2 is 1.88 bits per heavy atom. The Bertz CT molecular complexity index is 658. The van der Waals surface area contributed by atoms with Gasteiger partial charge in [0.25, 0.3) is 5.91 Å². The molecule has 1 aliphatic heterocycles. The van der Waals surface area contributed by atoms with Gasteiger partial charge in [-0.1, -0.05) is 6.92 Å². The van der Waals surface area contributed by atoms with Gasteiger partial charge in [0.15, 0.2) is 0 Å². The molecule has 7 heteroatoms. The average molecular weight is 349 g/mol. The largest absolute Gasteiger partial charge is 0.465 e. The minimum Gasteiger partial charge on any atom is -0.465 e. The van der Waals surface area contributed by atoms with Crippen molar-refractivity contribution in [1.29, 1.82) is 0 Å². The quantitative estimate of drug-likeness (QED) is 0.793. The van der Waals surface area contributed by atoms with Gasteiger partial charge in [-0.25, -0.2) is 4.79 Å². The predicted molar refractivity (Wildman–Crippen MR) is 93.5 cm³/mol. The van der Waals surface area contributed by atoms with Crippen LogP contribution in [0.3, 0.4) is 0 Å². The van der Waals surface area contributed by atoms with E-state index < -0.39 is 5.97 Å². The Hall–Kier alpha value is -2.31. The fourth-order valence-electron chi connectivity index (χ4n) is 3.27. The number of ether oxygens (including phenoxy) is 1. The zero-order valence-electron chi connectivity index (χ0n) is 15.4. The van der Waals surface area contributed by atoms with Crippen LogP contribution in [0.5, 0.6) is 0 Å². The van der Waals surface area contributed by atoms with Gasteiger partial charge in [0.05, 0.1) is 12.7 Å². The summed E-state index contributed by atoms with van der Waals surface area (Å²) in [6.07, 6.45) is 2.23. The van der Waals surface area contributed by atoms with Crippen LogP contribution in [0.25, 0.3) is 0 Å². The number of H-pyrrole nitrogens is 1. The lowest BCUT2D eigenvalue weighted by molar-refractivity contribution is -0.126. The molecule has 0 aliphatic carbocycles. The van der Waals surface area contributed by atoms with Crippen LogP contribution < -0.4 is 5.32 Å². The molecule has 138 valence electrons. The Morgan fingerprint density at radius 1 is 1.24 bits per heavy atom. The van der Waals surface area contributed by atoms with Crippen LogP contribution in [0.4, 0.5) is 0 Å². The van der Waals surface area contributed by atoms with Gasteiger partial charge in [0.1, 0.15) is 5.69 Å². The predicted octanol–water partition coefficient (Wildman–Crippen LogP) is 1.80. The molecule has 1 aromatic rings. The maximum atomic E-state index is 12.8. The highest BCUT2D eigenvalue weighted by Gasteiger charge is 2.30. The van der Waals surface area contributed by atoms with Gasteiger partial charge in [-0.2, -0.15) is 0 Å². The van der Waals surface area contributed by atoms with E-state index in [0.717, 1.165) is 6.42 Å². The smallest absolute Gasteiger partial charge is 0.339 e. The summed E-state index contributed by atoms with van der Waals surface area (Å²) in [5.74, 6) is -0.540. The number of aromatic amines is 1. The number of amides is 2. The van der Waals surface area contributed by atoms with Gasteiger partial charge in [0, 0.05) is 31.2 Å². The Labute approximate surface area is 148 Å². The normalized spacial score (nSPS) is 15.1. The highest BCUT2D eigenvalue weighted by molar-refractivity contribution is 6.00. The molecule has 0 spiro atoms. The summed E-state index contributed by atoms with van der Waals surface area (Å²) in [4.78, 5) is 41.4. The van der Waals surface area contributed by atoms with E-state index >= 15 is 0 Å². The standard InChI is InChI=1S/C18H27N3O4/c1-5-8-19-16(22)13-6-9-21(10-7-13)17(23)15-11(2)14(12(3)20-15)18(24)25-4/h13,20H,5-10H2,1-4H3,(H,19,22). The number of likely N-dealkylation sites (tertiary alicyclic amines) is 1. The summed E-state index contributed by atoms with van der Waals surface area (Å²) in [5, 5.41) is 2.92. The second kappa shape index (κ2) is 8.18. The van der Waals surface area contributed by atoms with Crippen LogP contribution in [0.15, 0.2) is 0 Å². The fourth-order valence-corrected chi connectivity index (χ4v) is 3.27. The monoisotopic (exact) mass is 349 g/mol. The Balaban J connectivity index is 2.04. The summed E-state index contributed by atoms with van der Waals surface area (Å²) in [5.41, 5.74) is 2.07. The number of rotatable bonds is 5. The van der Waals surface area contributed by atoms with Crippen molar-refractivity contribution in [3.8, 4) is 0 Å². The molecule has 2 N–H and O–H groups in total. The number of nitrogens with one attached hydrogen (secondary N) is 2. The molecule has 0 aromatic carbocycles. The first-order valence-electron chi connectivity index (χ1n) is 8.75. The molecule has 0 atom stereocenters. The lowest BCUT2D eigenvalue weighted by Crippen LogP contribution is -2.43. The van der Waals surface area contributed by atoms with Crippen molar-refractivity contribution in [2.75, 3.05) is 26.7 Å². The zero-order valence-corrected chi connectivity index (χ0v) is 15.4. The van der Waals surface area contributed by atoms with Crippen molar-refractivity contribution in [1.82, 2.24) is 15.2 Å². The number of aromatic nitrogens is 1. The van der Waals surface area contributed by atoms with E-state index in [1.165, 1.54) is 7.11 Å². The number of esters is 1. The minimum atomic E-state index is -0.448. The summed E-state index contributed by atoms with van der Waals surface area (Å²) >= 11 is 0. The summed E-state index contributed by atoms with van der Waals surface area (Å²) in [6.45, 7) is 7.27. The second-order valence-electron chi connectivity index (χ2n) is 6.47. The van der Waals surface area contributed by atoms with Gasteiger partial charge in [-0.3, -0.25) is 9.59 Å². The third-order valence-corrected chi connectivity index (χ3v) is 4.74. The topological polar surface area (TPSA) is 91.5 Å². The zero-order chi connectivity index (χ0) is 18.6. The minimum absolute atomic E-state index is 0.0345. The molecule has 1 fully saturated rings. The second-order valence-corrected chi connectivity index (χ2v) is 6.47. The molecule has 0 radical (unpaired) electrons. The summed E-state index contributed by atoms with van der Waals surface area (Å²) < 4.78 is 4.78. The van der Waals surface area contributed by atoms with E-state index in [0.29, 0.717) is 55.0 Å². The summed E-state index contributed by atoms with van der Waals surface area (Å²) in [7, 11) is 1.32. The molecule has 2 rings (SSSR count). The van der Waals surface area contributed by atoms with Gasteiger partial charge in [-0.05, 0) is 38.7 Å². The van der Waals surface area contributed by atoms with Crippen molar-refractivity contribution in [3.63, 3.8) is 0 Å². The third kappa shape index (κ3) is 4.03. The molecule has 2 amide bonds. The molecule has 1 aliphatic rings. The van der Waals surface area contributed by atoms with E-state index in [-0.39, 0.29) is 17.7 Å². The molecular weight excluding hydrogens is 322 g/mol. The number of carbonyl (C=O) groups is 3. The Morgan fingerprint density at radius 3 is 2.44 bits per heavy atom. The molecule has 1 saturated heterocycles. The van der Waals surface area contributed by atoms with Gasteiger partial charge in [-0.15, -0.1) is 0 Å². The number of hydrogen-bond acceptors (Lipinski definition) is 4. The number of hydrogen-bond donors (Lipinski definition) is 2. The first-order chi connectivity index (χ1) is 11.9. The molecule has 0 saturated carbocycles. The van der Waals surface area contributed by atoms with E-state index in [4.69, 9.17) is 4.74 Å². The van der Waals surface area contributed by atoms with Crippen molar-refractivity contribution < 1.29 is 19.1 Å². The van der Waals surface area contributed by atoms with E-state index in [1.54, 1.807) is 18.7 Å². The molecule has 0 unspecified atom stereocenters. The molecule has 25 heavy (non-hydrogen) atoms. The SMILES string of the molecule is CCCNC(=O)C1CCN(C(=O)c2[nH]c(C)c(C(=O)OC)c2C)CC1. The maximum absolute atomic E-state index is 12.8. The average Bonchev–Trinajstić information content (AvgIpc) is 2.92. The van der Waals surface area contributed by atoms with Crippen LogP contribution >= 0.6 is 0 Å². The number of nitrogens with zero attached hydrogens (tertiary/aromatic N) is 1. The van der Waals surface area contributed by atoms with Crippen LogP contribution in [0.2, 0.25) is 0 Å². The first-order valence-corrected chi connectivity index (χ1v) is 8.75. The van der Waals surface area contributed by atoms with E-state index in [2.05, 4.69) is 10.3 Å². The molecule has 2 heterocycles. The third-order valence-electron chi connectivity index (χ3n) is 4.74. The first kappa shape index (κ1) is 19.0. The highest BCUT2D eigenvalue weighted by Crippen LogP contribution is 2.23. The van der Waals surface area contributed by atoms with Crippen molar-refractivity contribution in [3.05, 3.63) is 22.5 Å². The van der Waals surface area contributed by atoms with Crippen LogP contribution in [-0.4, -0.2) is 54.4 Å². The van der Waals surface area contributed by atoms with Crippen LogP contribution in [-0.2, 0) is 9.53 Å². The molecule has 1 aromatic heterocycles. The summed E-state index contributed by atoms with van der Waals surface area (Å²) in [6, 6.07) is 0. The van der Waals surface area contributed by atoms with Crippen LogP contribution in [0, 0.1) is 19.8 Å². The van der Waals surface area contributed by atoms with Crippen LogP contribution in [0.1, 0.15) is 58.3 Å². The van der Waals surface area contributed by atoms with Gasteiger partial charge >= 0.3 is 5.97 Å². The highest BCUT2D eigenvalue weighted by atomic mass is 16.5. The Kier molecular flexibility index (Phi) is 6.22. The number of carbonyl (C=O) groups excluding carboxylic acids is 3. The van der Waals surface area contributed by atoms with Gasteiger partial charge < -0.3 is 19.9 Å². The van der Waals surface area contributed by atoms with Gasteiger partial charge in [0.2, 0.25) is 5.91 Å². The molecule has 0 bridgehead atoms. The maximum Gasteiger partial charge on any atom is 0.339 e. The lowest BCUT2D eigenvalue weighted by atomic mass is 9.95. The fraction of sp³-hybridized carbons (Fsp3) is 0.611. The lowest BCUT2D eigenvalue weighted by Gasteiger charge is -2.31. The van der Waals surface area contributed by atoms with Crippen molar-refractivity contribution in [2.45, 2.75) is 40.0 Å². The van der Waals surface area contributed by atoms with E-state index in [1.807, 2.05) is 6.92 Å². The number of methoxy groups -OCH3 is 1. The van der Waals surface area contributed by atoms with Crippen molar-refractivity contribution in [2.24, 2.45) is 5.92 Å². The molecule has 7 nitrogen and oxygen atoms in total. The number of aryl methyl sites for hydroxylation is 1. The van der Waals surface area contributed by atoms with E-state index in [9.17, 15) is 14.4 Å². The number of piperidine rings is 1. The molecular formula is C18H27N3O4.